The summed E-state index contributed by atoms with van der Waals surface area (Å²) in [6.07, 6.45) is 3.02. The lowest BCUT2D eigenvalue weighted by Gasteiger charge is -2.31. The number of anilines is 2. The number of benzene rings is 1. The van der Waals surface area contributed by atoms with Gasteiger partial charge in [0.15, 0.2) is 5.13 Å². The molecule has 0 aliphatic carbocycles. The van der Waals surface area contributed by atoms with E-state index in [-0.39, 0.29) is 23.4 Å². The average Bonchev–Trinajstić information content (AvgIpc) is 3.50. The summed E-state index contributed by atoms with van der Waals surface area (Å²) in [7, 11) is 0. The highest BCUT2D eigenvalue weighted by molar-refractivity contribution is 7.14. The minimum atomic E-state index is -0.465. The van der Waals surface area contributed by atoms with E-state index in [0.29, 0.717) is 41.9 Å². The molecule has 2 amide bonds. The quantitative estimate of drug-likeness (QED) is 0.411. The van der Waals surface area contributed by atoms with Gasteiger partial charge >= 0.3 is 0 Å². The zero-order chi connectivity index (χ0) is 22.5. The van der Waals surface area contributed by atoms with E-state index in [1.54, 1.807) is 40.8 Å². The molecule has 1 aliphatic heterocycles. The molecular weight excluding hydrogens is 434 g/mol. The van der Waals surface area contributed by atoms with Gasteiger partial charge in [-0.1, -0.05) is 0 Å². The lowest BCUT2D eigenvalue weighted by molar-refractivity contribution is -0.384. The average molecular weight is 455 g/mol. The zero-order valence-electron chi connectivity index (χ0n) is 17.0. The monoisotopic (exact) mass is 455 g/mol. The Labute approximate surface area is 187 Å². The maximum absolute atomic E-state index is 12.9. The number of nitrogens with zero attached hydrogens (tertiary/aromatic N) is 3. The molecule has 0 bridgehead atoms. The number of nitro benzene ring substituents is 1. The Balaban J connectivity index is 1.34. The van der Waals surface area contributed by atoms with Gasteiger partial charge in [0.05, 0.1) is 23.6 Å². The molecule has 0 spiro atoms. The standard InChI is InChI=1S/C21H21N5O5S/c27-19(22-11-17-4-2-10-31-17)14-3-1-9-25(12-14)20(28)18-13-32-21(24-18)23-15-5-7-16(8-6-15)26(29)30/h2,4-8,10,13-14H,1,3,9,11-12H2,(H,22,27)(H,23,24)/t14-/m1/s1. The summed E-state index contributed by atoms with van der Waals surface area (Å²) < 4.78 is 5.23. The summed E-state index contributed by atoms with van der Waals surface area (Å²) in [6, 6.07) is 9.51. The van der Waals surface area contributed by atoms with Crippen molar-refractivity contribution in [3.05, 3.63) is 69.6 Å². The molecule has 2 aromatic heterocycles. The van der Waals surface area contributed by atoms with Gasteiger partial charge in [0.2, 0.25) is 5.91 Å². The van der Waals surface area contributed by atoms with E-state index < -0.39 is 4.92 Å². The van der Waals surface area contributed by atoms with Crippen LogP contribution in [0.25, 0.3) is 0 Å². The fourth-order valence-electron chi connectivity index (χ4n) is 3.49. The molecule has 3 heterocycles. The SMILES string of the molecule is O=C(NCc1ccco1)[C@@H]1CCCN(C(=O)c2csc(Nc3ccc([N+](=O)[O-])cc3)n2)C1. The highest BCUT2D eigenvalue weighted by Gasteiger charge is 2.30. The molecule has 0 saturated carbocycles. The first-order valence-corrected chi connectivity index (χ1v) is 10.9. The predicted molar refractivity (Wildman–Crippen MR) is 118 cm³/mol. The molecule has 1 aliphatic rings. The number of thiazole rings is 1. The van der Waals surface area contributed by atoms with Gasteiger partial charge in [0.1, 0.15) is 11.5 Å². The summed E-state index contributed by atoms with van der Waals surface area (Å²) in [4.78, 5) is 41.7. The second kappa shape index (κ2) is 9.60. The highest BCUT2D eigenvalue weighted by Crippen LogP contribution is 2.25. The van der Waals surface area contributed by atoms with E-state index in [4.69, 9.17) is 4.42 Å². The second-order valence-corrected chi connectivity index (χ2v) is 8.21. The molecule has 11 heteroatoms. The van der Waals surface area contributed by atoms with Crippen molar-refractivity contribution in [1.29, 1.82) is 0 Å². The number of hydrogen-bond acceptors (Lipinski definition) is 8. The first-order valence-electron chi connectivity index (χ1n) is 10.1. The lowest BCUT2D eigenvalue weighted by Crippen LogP contribution is -2.45. The number of carbonyl (C=O) groups excluding carboxylic acids is 2. The molecule has 166 valence electrons. The number of hydrogen-bond donors (Lipinski definition) is 2. The van der Waals surface area contributed by atoms with Crippen LogP contribution >= 0.6 is 11.3 Å². The van der Waals surface area contributed by atoms with Gasteiger partial charge in [0, 0.05) is 36.3 Å². The highest BCUT2D eigenvalue weighted by atomic mass is 32.1. The van der Waals surface area contributed by atoms with Gasteiger partial charge in [-0.15, -0.1) is 11.3 Å². The molecular formula is C21H21N5O5S. The number of amides is 2. The van der Waals surface area contributed by atoms with Crippen LogP contribution in [0.1, 0.15) is 29.1 Å². The van der Waals surface area contributed by atoms with Gasteiger partial charge in [-0.3, -0.25) is 19.7 Å². The molecule has 10 nitrogen and oxygen atoms in total. The van der Waals surface area contributed by atoms with Gasteiger partial charge < -0.3 is 20.0 Å². The van der Waals surface area contributed by atoms with Crippen LogP contribution in [0.15, 0.2) is 52.5 Å². The van der Waals surface area contributed by atoms with Gasteiger partial charge in [-0.2, -0.15) is 0 Å². The summed E-state index contributed by atoms with van der Waals surface area (Å²) in [6.45, 7) is 1.23. The largest absolute Gasteiger partial charge is 0.467 e. The Bertz CT molecular complexity index is 1100. The van der Waals surface area contributed by atoms with E-state index in [0.717, 1.165) is 12.8 Å². The maximum Gasteiger partial charge on any atom is 0.273 e. The van der Waals surface area contributed by atoms with Crippen LogP contribution in [0.2, 0.25) is 0 Å². The predicted octanol–water partition coefficient (Wildman–Crippen LogP) is 3.56. The summed E-state index contributed by atoms with van der Waals surface area (Å²) >= 11 is 1.27. The second-order valence-electron chi connectivity index (χ2n) is 7.35. The van der Waals surface area contributed by atoms with Gasteiger partial charge in [-0.05, 0) is 37.1 Å². The van der Waals surface area contributed by atoms with Crippen molar-refractivity contribution in [3.8, 4) is 0 Å². The fraction of sp³-hybridized carbons (Fsp3) is 0.286. The van der Waals surface area contributed by atoms with Crippen LogP contribution in [0.3, 0.4) is 0 Å². The van der Waals surface area contributed by atoms with Crippen molar-refractivity contribution in [2.75, 3.05) is 18.4 Å². The molecule has 32 heavy (non-hydrogen) atoms. The fourth-order valence-corrected chi connectivity index (χ4v) is 4.19. The van der Waals surface area contributed by atoms with E-state index in [9.17, 15) is 19.7 Å². The van der Waals surface area contributed by atoms with Crippen LogP contribution in [0.4, 0.5) is 16.5 Å². The number of rotatable bonds is 7. The van der Waals surface area contributed by atoms with Crippen LogP contribution in [0, 0.1) is 16.0 Å². The Kier molecular flexibility index (Phi) is 6.45. The lowest BCUT2D eigenvalue weighted by atomic mass is 9.97. The smallest absolute Gasteiger partial charge is 0.273 e. The van der Waals surface area contributed by atoms with E-state index in [2.05, 4.69) is 15.6 Å². The van der Waals surface area contributed by atoms with Crippen molar-refractivity contribution in [2.45, 2.75) is 19.4 Å². The summed E-state index contributed by atoms with van der Waals surface area (Å²) in [5, 5.41) is 18.8. The number of carbonyl (C=O) groups is 2. The molecule has 1 aromatic carbocycles. The number of piperidine rings is 1. The van der Waals surface area contributed by atoms with Crippen molar-refractivity contribution >= 4 is 39.7 Å². The zero-order valence-corrected chi connectivity index (χ0v) is 17.8. The van der Waals surface area contributed by atoms with Crippen LogP contribution in [-0.4, -0.2) is 39.7 Å². The minimum Gasteiger partial charge on any atom is -0.467 e. The Hall–Kier alpha value is -3.73. The number of nitrogens with one attached hydrogen (secondary N) is 2. The number of likely N-dealkylation sites (tertiary alicyclic amines) is 1. The van der Waals surface area contributed by atoms with E-state index >= 15 is 0 Å². The third-order valence-corrected chi connectivity index (χ3v) is 5.91. The first-order chi connectivity index (χ1) is 15.5. The Morgan fingerprint density at radius 3 is 2.81 bits per heavy atom. The number of aromatic nitrogens is 1. The molecule has 3 aromatic rings. The summed E-state index contributed by atoms with van der Waals surface area (Å²) in [5.41, 5.74) is 0.935. The third kappa shape index (κ3) is 5.11. The van der Waals surface area contributed by atoms with Crippen LogP contribution in [0.5, 0.6) is 0 Å². The molecule has 1 atom stereocenters. The molecule has 0 unspecified atom stereocenters. The molecule has 1 fully saturated rings. The number of nitro groups is 1. The third-order valence-electron chi connectivity index (χ3n) is 5.15. The van der Waals surface area contributed by atoms with Crippen LogP contribution in [-0.2, 0) is 11.3 Å². The summed E-state index contributed by atoms with van der Waals surface area (Å²) in [5.74, 6) is 0.0795. The Morgan fingerprint density at radius 1 is 1.28 bits per heavy atom. The Morgan fingerprint density at radius 2 is 2.09 bits per heavy atom. The van der Waals surface area contributed by atoms with Gasteiger partial charge in [-0.25, -0.2) is 4.98 Å². The number of non-ortho nitro benzene ring substituents is 1. The van der Waals surface area contributed by atoms with E-state index in [1.165, 1.54) is 23.5 Å². The van der Waals surface area contributed by atoms with Crippen LogP contribution < -0.4 is 10.6 Å². The topological polar surface area (TPSA) is 131 Å². The minimum absolute atomic E-state index is 0.00148. The van der Waals surface area contributed by atoms with Crippen molar-refractivity contribution < 1.29 is 18.9 Å². The van der Waals surface area contributed by atoms with Crippen molar-refractivity contribution in [2.24, 2.45) is 5.92 Å². The van der Waals surface area contributed by atoms with Crippen molar-refractivity contribution in [1.82, 2.24) is 15.2 Å². The first kappa shape index (κ1) is 21.5. The number of furan rings is 1. The van der Waals surface area contributed by atoms with Crippen molar-refractivity contribution in [3.63, 3.8) is 0 Å². The maximum atomic E-state index is 12.9. The molecule has 1 saturated heterocycles. The van der Waals surface area contributed by atoms with Gasteiger partial charge in [0.25, 0.3) is 11.6 Å². The molecule has 4 rings (SSSR count). The molecule has 0 radical (unpaired) electrons. The molecule has 2 N–H and O–H groups in total. The normalized spacial score (nSPS) is 15.9. The van der Waals surface area contributed by atoms with E-state index in [1.807, 2.05) is 0 Å².